The molecule has 2 amide bonds. The first-order chi connectivity index (χ1) is 12.4. The molecular weight excluding hydrogens is 354 g/mol. The summed E-state index contributed by atoms with van der Waals surface area (Å²) >= 11 is 6.01. The number of rotatable bonds is 3. The molecule has 1 unspecified atom stereocenters. The van der Waals surface area contributed by atoms with Crippen molar-refractivity contribution < 1.29 is 4.79 Å². The summed E-state index contributed by atoms with van der Waals surface area (Å²) in [6.07, 6.45) is 0. The minimum absolute atomic E-state index is 0.0205. The topological polar surface area (TPSA) is 70.5 Å². The van der Waals surface area contributed by atoms with Crippen LogP contribution in [0.25, 0.3) is 10.9 Å². The third-order valence-electron chi connectivity index (χ3n) is 4.92. The van der Waals surface area contributed by atoms with E-state index in [9.17, 15) is 9.59 Å². The molecular formula is C18H24ClN5O2. The van der Waals surface area contributed by atoms with Crippen LogP contribution in [-0.2, 0) is 7.05 Å². The molecule has 0 radical (unpaired) electrons. The minimum atomic E-state index is -0.0969. The molecule has 1 aromatic carbocycles. The molecule has 0 spiro atoms. The highest BCUT2D eigenvalue weighted by atomic mass is 35.5. The first-order valence-electron chi connectivity index (χ1n) is 8.85. The second kappa shape index (κ2) is 7.63. The smallest absolute Gasteiger partial charge is 0.317 e. The molecule has 0 aliphatic carbocycles. The van der Waals surface area contributed by atoms with Crippen LogP contribution in [0.2, 0.25) is 5.02 Å². The predicted octanol–water partition coefficient (Wildman–Crippen LogP) is 2.00. The van der Waals surface area contributed by atoms with Crippen LogP contribution in [-0.4, -0.2) is 58.1 Å². The SMILES string of the molecule is CCNC(=O)N1CCN(C(C)c2nc3ccc(Cl)cc3c(=O)n2C)CC1. The number of fused-ring (bicyclic) bond motifs is 1. The zero-order valence-corrected chi connectivity index (χ0v) is 16.1. The van der Waals surface area contributed by atoms with Crippen LogP contribution >= 0.6 is 11.6 Å². The Balaban J connectivity index is 1.82. The number of nitrogens with one attached hydrogen (secondary N) is 1. The van der Waals surface area contributed by atoms with Gasteiger partial charge in [-0.3, -0.25) is 14.3 Å². The molecule has 3 rings (SSSR count). The van der Waals surface area contributed by atoms with Gasteiger partial charge in [-0.25, -0.2) is 9.78 Å². The van der Waals surface area contributed by atoms with E-state index in [1.807, 2.05) is 18.7 Å². The summed E-state index contributed by atoms with van der Waals surface area (Å²) in [5, 5.41) is 3.88. The normalized spacial score (nSPS) is 16.7. The van der Waals surface area contributed by atoms with Gasteiger partial charge in [0.1, 0.15) is 5.82 Å². The Morgan fingerprint density at radius 3 is 2.65 bits per heavy atom. The summed E-state index contributed by atoms with van der Waals surface area (Å²) in [6.45, 7) is 7.39. The lowest BCUT2D eigenvalue weighted by Gasteiger charge is -2.38. The summed E-state index contributed by atoms with van der Waals surface area (Å²) in [7, 11) is 1.74. The molecule has 26 heavy (non-hydrogen) atoms. The molecule has 8 heteroatoms. The summed E-state index contributed by atoms with van der Waals surface area (Å²) < 4.78 is 1.60. The Bertz CT molecular complexity index is 874. The van der Waals surface area contributed by atoms with Gasteiger partial charge in [0.25, 0.3) is 5.56 Å². The number of benzene rings is 1. The molecule has 0 bridgehead atoms. The summed E-state index contributed by atoms with van der Waals surface area (Å²) in [5.41, 5.74) is 0.556. The van der Waals surface area contributed by atoms with Gasteiger partial charge in [0.05, 0.1) is 16.9 Å². The fraction of sp³-hybridized carbons (Fsp3) is 0.500. The van der Waals surface area contributed by atoms with Gasteiger partial charge in [-0.15, -0.1) is 0 Å². The van der Waals surface area contributed by atoms with Crippen molar-refractivity contribution in [3.05, 3.63) is 39.4 Å². The second-order valence-corrected chi connectivity index (χ2v) is 6.97. The first kappa shape index (κ1) is 18.7. The zero-order valence-electron chi connectivity index (χ0n) is 15.3. The van der Waals surface area contributed by atoms with Gasteiger partial charge in [0, 0.05) is 44.8 Å². The molecule has 7 nitrogen and oxygen atoms in total. The third kappa shape index (κ3) is 3.54. The van der Waals surface area contributed by atoms with Crippen LogP contribution in [0.5, 0.6) is 0 Å². The van der Waals surface area contributed by atoms with Gasteiger partial charge in [-0.05, 0) is 32.0 Å². The van der Waals surface area contributed by atoms with E-state index in [-0.39, 0.29) is 17.6 Å². The number of hydrogen-bond acceptors (Lipinski definition) is 4. The first-order valence-corrected chi connectivity index (χ1v) is 9.23. The fourth-order valence-corrected chi connectivity index (χ4v) is 3.54. The van der Waals surface area contributed by atoms with E-state index in [2.05, 4.69) is 10.2 Å². The molecule has 2 aromatic rings. The van der Waals surface area contributed by atoms with E-state index in [0.717, 1.165) is 18.9 Å². The van der Waals surface area contributed by atoms with Gasteiger partial charge < -0.3 is 10.2 Å². The number of piperazine rings is 1. The lowest BCUT2D eigenvalue weighted by Crippen LogP contribution is -2.52. The molecule has 2 heterocycles. The van der Waals surface area contributed by atoms with E-state index in [4.69, 9.17) is 16.6 Å². The molecule has 140 valence electrons. The molecule has 1 atom stereocenters. The molecule has 1 aliphatic rings. The number of urea groups is 1. The van der Waals surface area contributed by atoms with E-state index >= 15 is 0 Å². The number of carbonyl (C=O) groups is 1. The van der Waals surface area contributed by atoms with Crippen molar-refractivity contribution >= 4 is 28.5 Å². The van der Waals surface area contributed by atoms with Crippen LogP contribution in [0.1, 0.15) is 25.7 Å². The molecule has 1 saturated heterocycles. The predicted molar refractivity (Wildman–Crippen MR) is 103 cm³/mol. The molecule has 1 aromatic heterocycles. The summed E-state index contributed by atoms with van der Waals surface area (Å²) in [4.78, 5) is 33.4. The van der Waals surface area contributed by atoms with Gasteiger partial charge in [-0.2, -0.15) is 0 Å². The van der Waals surface area contributed by atoms with Gasteiger partial charge in [-0.1, -0.05) is 11.6 Å². The van der Waals surface area contributed by atoms with Gasteiger partial charge in [0.15, 0.2) is 0 Å². The van der Waals surface area contributed by atoms with Crippen LogP contribution in [0, 0.1) is 0 Å². The van der Waals surface area contributed by atoms with Crippen molar-refractivity contribution in [2.24, 2.45) is 7.05 Å². The maximum Gasteiger partial charge on any atom is 0.317 e. The van der Waals surface area contributed by atoms with Crippen molar-refractivity contribution in [2.75, 3.05) is 32.7 Å². The highest BCUT2D eigenvalue weighted by molar-refractivity contribution is 6.31. The van der Waals surface area contributed by atoms with Crippen LogP contribution in [0.15, 0.2) is 23.0 Å². The molecule has 1 N–H and O–H groups in total. The van der Waals surface area contributed by atoms with Crippen LogP contribution in [0.3, 0.4) is 0 Å². The average Bonchev–Trinajstić information content (AvgIpc) is 2.65. The molecule has 0 saturated carbocycles. The second-order valence-electron chi connectivity index (χ2n) is 6.53. The zero-order chi connectivity index (χ0) is 18.8. The van der Waals surface area contributed by atoms with E-state index < -0.39 is 0 Å². The maximum atomic E-state index is 12.7. The van der Waals surface area contributed by atoms with Gasteiger partial charge in [0.2, 0.25) is 0 Å². The standard InChI is InChI=1S/C18H24ClN5O2/c1-4-20-18(26)24-9-7-23(8-10-24)12(2)16-21-15-6-5-13(19)11-14(15)17(25)22(16)3/h5-6,11-12H,4,7-10H2,1-3H3,(H,20,26). The monoisotopic (exact) mass is 377 g/mol. The number of amides is 2. The summed E-state index contributed by atoms with van der Waals surface area (Å²) in [6, 6.07) is 5.14. The highest BCUT2D eigenvalue weighted by Crippen LogP contribution is 2.22. The maximum absolute atomic E-state index is 12.7. The quantitative estimate of drug-likeness (QED) is 0.888. The largest absolute Gasteiger partial charge is 0.338 e. The minimum Gasteiger partial charge on any atom is -0.338 e. The van der Waals surface area contributed by atoms with Crippen molar-refractivity contribution in [1.82, 2.24) is 24.7 Å². The molecule has 1 fully saturated rings. The third-order valence-corrected chi connectivity index (χ3v) is 5.16. The van der Waals surface area contributed by atoms with E-state index in [0.29, 0.717) is 35.6 Å². The number of hydrogen-bond donors (Lipinski definition) is 1. The molecule has 1 aliphatic heterocycles. The summed E-state index contributed by atoms with van der Waals surface area (Å²) in [5.74, 6) is 0.719. The highest BCUT2D eigenvalue weighted by Gasteiger charge is 2.26. The van der Waals surface area contributed by atoms with E-state index in [1.54, 1.807) is 29.8 Å². The Labute approximate surface area is 157 Å². The lowest BCUT2D eigenvalue weighted by molar-refractivity contribution is 0.110. The van der Waals surface area contributed by atoms with E-state index in [1.165, 1.54) is 0 Å². The Morgan fingerprint density at radius 2 is 2.00 bits per heavy atom. The van der Waals surface area contributed by atoms with Crippen molar-refractivity contribution in [1.29, 1.82) is 0 Å². The number of halogens is 1. The fourth-order valence-electron chi connectivity index (χ4n) is 3.37. The Kier molecular flexibility index (Phi) is 5.48. The number of aromatic nitrogens is 2. The van der Waals surface area contributed by atoms with Crippen LogP contribution in [0.4, 0.5) is 4.79 Å². The van der Waals surface area contributed by atoms with Gasteiger partial charge >= 0.3 is 6.03 Å². The number of carbonyl (C=O) groups excluding carboxylic acids is 1. The van der Waals surface area contributed by atoms with Crippen molar-refractivity contribution in [2.45, 2.75) is 19.9 Å². The van der Waals surface area contributed by atoms with Crippen molar-refractivity contribution in [3.63, 3.8) is 0 Å². The number of nitrogens with zero attached hydrogens (tertiary/aromatic N) is 4. The van der Waals surface area contributed by atoms with Crippen LogP contribution < -0.4 is 10.9 Å². The Morgan fingerprint density at radius 1 is 1.31 bits per heavy atom. The average molecular weight is 378 g/mol. The van der Waals surface area contributed by atoms with Crippen molar-refractivity contribution in [3.8, 4) is 0 Å². The Hall–Kier alpha value is -2.12. The lowest BCUT2D eigenvalue weighted by atomic mass is 10.2.